The molecule has 1 rings (SSSR count). The van der Waals surface area contributed by atoms with Gasteiger partial charge in [-0.25, -0.2) is 0 Å². The molecule has 0 spiro atoms. The number of hydrogen-bond acceptors (Lipinski definition) is 2. The predicted molar refractivity (Wildman–Crippen MR) is 54.2 cm³/mol. The first kappa shape index (κ1) is 9.39. The van der Waals surface area contributed by atoms with Crippen LogP contribution >= 0.6 is 0 Å². The van der Waals surface area contributed by atoms with Gasteiger partial charge < -0.3 is 9.84 Å². The molecule has 2 nitrogen and oxygen atoms in total. The lowest BCUT2D eigenvalue weighted by Crippen LogP contribution is -1.86. The number of rotatable bonds is 3. The summed E-state index contributed by atoms with van der Waals surface area (Å²) in [4.78, 5) is 0. The Morgan fingerprint density at radius 2 is 2.23 bits per heavy atom. The first-order valence-corrected chi connectivity index (χ1v) is 3.87. The average Bonchev–Trinajstić information content (AvgIpc) is 2.16. The van der Waals surface area contributed by atoms with Crippen LogP contribution in [0.5, 0.6) is 5.75 Å². The van der Waals surface area contributed by atoms with Gasteiger partial charge in [0.2, 0.25) is 0 Å². The van der Waals surface area contributed by atoms with Gasteiger partial charge in [-0.15, -0.1) is 0 Å². The monoisotopic (exact) mass is 176 g/mol. The normalized spacial score (nSPS) is 9.31. The van der Waals surface area contributed by atoms with Gasteiger partial charge in [0.1, 0.15) is 11.5 Å². The molecule has 68 valence electrons. The van der Waals surface area contributed by atoms with Gasteiger partial charge in [-0.2, -0.15) is 0 Å². The van der Waals surface area contributed by atoms with Crippen molar-refractivity contribution in [1.29, 1.82) is 0 Å². The van der Waals surface area contributed by atoms with Crippen molar-refractivity contribution in [2.45, 2.75) is 0 Å². The molecule has 0 saturated heterocycles. The maximum atomic E-state index is 9.54. The smallest absolute Gasteiger partial charge is 0.127 e. The summed E-state index contributed by atoms with van der Waals surface area (Å²) >= 11 is 0. The number of ether oxygens (including phenoxy) is 1. The van der Waals surface area contributed by atoms with Gasteiger partial charge in [-0.05, 0) is 17.7 Å². The molecular weight excluding hydrogens is 164 g/mol. The topological polar surface area (TPSA) is 29.5 Å². The van der Waals surface area contributed by atoms with E-state index in [1.165, 1.54) is 7.11 Å². The van der Waals surface area contributed by atoms with Gasteiger partial charge in [0, 0.05) is 0 Å². The van der Waals surface area contributed by atoms with Crippen molar-refractivity contribution in [3.05, 3.63) is 42.5 Å². The predicted octanol–water partition coefficient (Wildman–Crippen LogP) is 2.65. The van der Waals surface area contributed by atoms with Crippen molar-refractivity contribution in [3.8, 4) is 5.75 Å². The van der Waals surface area contributed by atoms with Crippen LogP contribution < -0.4 is 0 Å². The molecule has 0 bridgehead atoms. The van der Waals surface area contributed by atoms with Crippen molar-refractivity contribution in [2.75, 3.05) is 7.11 Å². The number of phenolic OH excluding ortho intramolecular Hbond substituents is 1. The molecule has 0 amide bonds. The molecule has 2 heteroatoms. The molecule has 0 aromatic heterocycles. The Bertz CT molecular complexity index is 340. The Balaban J connectivity index is 3.12. The van der Waals surface area contributed by atoms with E-state index in [1.54, 1.807) is 18.2 Å². The number of methoxy groups -OCH3 is 1. The van der Waals surface area contributed by atoms with Crippen LogP contribution in [0.1, 0.15) is 11.1 Å². The summed E-state index contributed by atoms with van der Waals surface area (Å²) in [5, 5.41) is 9.54. The molecule has 0 aliphatic heterocycles. The lowest BCUT2D eigenvalue weighted by atomic mass is 10.1. The zero-order chi connectivity index (χ0) is 9.84. The zero-order valence-electron chi connectivity index (χ0n) is 7.58. The fraction of sp³-hybridized carbons (Fsp3) is 0.0909. The minimum Gasteiger partial charge on any atom is -0.507 e. The van der Waals surface area contributed by atoms with Crippen LogP contribution in [0, 0.1) is 0 Å². The Labute approximate surface area is 77.8 Å². The maximum Gasteiger partial charge on any atom is 0.127 e. The highest BCUT2D eigenvalue weighted by atomic mass is 16.5. The SMILES string of the molecule is C=Cc1ccc(C(=C)OC)c(O)c1. The van der Waals surface area contributed by atoms with Crippen LogP contribution in [0.25, 0.3) is 11.8 Å². The summed E-state index contributed by atoms with van der Waals surface area (Å²) in [6, 6.07) is 5.21. The molecule has 0 unspecified atom stereocenters. The Morgan fingerprint density at radius 1 is 1.54 bits per heavy atom. The van der Waals surface area contributed by atoms with E-state index >= 15 is 0 Å². The number of phenols is 1. The van der Waals surface area contributed by atoms with E-state index in [-0.39, 0.29) is 5.75 Å². The van der Waals surface area contributed by atoms with E-state index in [2.05, 4.69) is 13.2 Å². The Kier molecular flexibility index (Phi) is 2.75. The second-order valence-electron chi connectivity index (χ2n) is 2.61. The third-order valence-corrected chi connectivity index (χ3v) is 1.80. The van der Waals surface area contributed by atoms with Crippen LogP contribution in [-0.4, -0.2) is 12.2 Å². The van der Waals surface area contributed by atoms with E-state index in [0.29, 0.717) is 11.3 Å². The van der Waals surface area contributed by atoms with Crippen LogP contribution in [0.15, 0.2) is 31.4 Å². The minimum atomic E-state index is 0.157. The molecule has 0 radical (unpaired) electrons. The molecule has 1 aromatic carbocycles. The largest absolute Gasteiger partial charge is 0.507 e. The van der Waals surface area contributed by atoms with Crippen LogP contribution in [-0.2, 0) is 4.74 Å². The summed E-state index contributed by atoms with van der Waals surface area (Å²) < 4.78 is 4.91. The van der Waals surface area contributed by atoms with Gasteiger partial charge in [0.25, 0.3) is 0 Å². The van der Waals surface area contributed by atoms with Gasteiger partial charge in [0.05, 0.1) is 12.7 Å². The summed E-state index contributed by atoms with van der Waals surface area (Å²) in [7, 11) is 1.52. The first-order valence-electron chi connectivity index (χ1n) is 3.87. The quantitative estimate of drug-likeness (QED) is 0.717. The van der Waals surface area contributed by atoms with Crippen molar-refractivity contribution >= 4 is 11.8 Å². The maximum absolute atomic E-state index is 9.54. The second-order valence-corrected chi connectivity index (χ2v) is 2.61. The fourth-order valence-corrected chi connectivity index (χ4v) is 1.02. The summed E-state index contributed by atoms with van der Waals surface area (Å²) in [5.74, 6) is 0.609. The van der Waals surface area contributed by atoms with E-state index < -0.39 is 0 Å². The minimum absolute atomic E-state index is 0.157. The van der Waals surface area contributed by atoms with Crippen molar-refractivity contribution in [2.24, 2.45) is 0 Å². The first-order chi connectivity index (χ1) is 6.19. The molecule has 13 heavy (non-hydrogen) atoms. The number of hydrogen-bond donors (Lipinski definition) is 1. The van der Waals surface area contributed by atoms with Gasteiger partial charge in [0.15, 0.2) is 0 Å². The standard InChI is InChI=1S/C11H12O2/c1-4-9-5-6-10(8(2)13-3)11(12)7-9/h4-7,12H,1-2H2,3H3. The molecule has 1 aromatic rings. The molecule has 0 aliphatic rings. The molecule has 1 N–H and O–H groups in total. The van der Waals surface area contributed by atoms with E-state index in [9.17, 15) is 5.11 Å². The molecule has 0 fully saturated rings. The number of benzene rings is 1. The molecule has 0 heterocycles. The van der Waals surface area contributed by atoms with E-state index in [4.69, 9.17) is 4.74 Å². The van der Waals surface area contributed by atoms with Gasteiger partial charge in [-0.3, -0.25) is 0 Å². The highest BCUT2D eigenvalue weighted by Crippen LogP contribution is 2.25. The lowest BCUT2D eigenvalue weighted by molar-refractivity contribution is 0.367. The Hall–Kier alpha value is -1.70. The van der Waals surface area contributed by atoms with Crippen LogP contribution in [0.2, 0.25) is 0 Å². The van der Waals surface area contributed by atoms with Crippen molar-refractivity contribution in [1.82, 2.24) is 0 Å². The number of aromatic hydroxyl groups is 1. The third-order valence-electron chi connectivity index (χ3n) is 1.80. The summed E-state index contributed by atoms with van der Waals surface area (Å²) in [5.41, 5.74) is 1.47. The van der Waals surface area contributed by atoms with Gasteiger partial charge in [-0.1, -0.05) is 25.3 Å². The molecule has 0 atom stereocenters. The van der Waals surface area contributed by atoms with E-state index in [1.807, 2.05) is 6.07 Å². The van der Waals surface area contributed by atoms with Crippen molar-refractivity contribution in [3.63, 3.8) is 0 Å². The van der Waals surface area contributed by atoms with E-state index in [0.717, 1.165) is 5.56 Å². The highest BCUT2D eigenvalue weighted by Gasteiger charge is 2.04. The highest BCUT2D eigenvalue weighted by molar-refractivity contribution is 5.66. The molecular formula is C11H12O2. The third kappa shape index (κ3) is 1.90. The average molecular weight is 176 g/mol. The molecule has 0 aliphatic carbocycles. The second kappa shape index (κ2) is 3.81. The fourth-order valence-electron chi connectivity index (χ4n) is 1.02. The van der Waals surface area contributed by atoms with Gasteiger partial charge >= 0.3 is 0 Å². The van der Waals surface area contributed by atoms with Crippen molar-refractivity contribution < 1.29 is 9.84 Å². The van der Waals surface area contributed by atoms with Crippen LogP contribution in [0.3, 0.4) is 0 Å². The summed E-state index contributed by atoms with van der Waals surface area (Å²) in [6.45, 7) is 7.25. The Morgan fingerprint density at radius 3 is 2.69 bits per heavy atom. The zero-order valence-corrected chi connectivity index (χ0v) is 7.58. The molecule has 0 saturated carbocycles. The van der Waals surface area contributed by atoms with Crippen LogP contribution in [0.4, 0.5) is 0 Å². The summed E-state index contributed by atoms with van der Waals surface area (Å²) in [6.07, 6.45) is 1.67. The lowest BCUT2D eigenvalue weighted by Gasteiger charge is -2.06.